The first kappa shape index (κ1) is 12.2. The van der Waals surface area contributed by atoms with Gasteiger partial charge in [0.25, 0.3) is 0 Å². The summed E-state index contributed by atoms with van der Waals surface area (Å²) < 4.78 is 16.3. The molecule has 0 atom stereocenters. The number of rotatable bonds is 5. The Labute approximate surface area is 92.2 Å². The van der Waals surface area contributed by atoms with Crippen molar-refractivity contribution in [1.82, 2.24) is 0 Å². The molecular formula is C11H18O3Si. The molecule has 1 aromatic carbocycles. The van der Waals surface area contributed by atoms with Gasteiger partial charge < -0.3 is 13.6 Å². The highest BCUT2D eigenvalue weighted by atomic mass is 28.4. The summed E-state index contributed by atoms with van der Waals surface area (Å²) in [5.41, 5.74) is 0. The smallest absolute Gasteiger partial charge is 0.371 e. The van der Waals surface area contributed by atoms with E-state index >= 15 is 0 Å². The second kappa shape index (κ2) is 5.30. The second-order valence-electron chi connectivity index (χ2n) is 3.24. The SMILES string of the molecule is CC[Si](OC)(OC)c1ccc(OC)cc1. The quantitative estimate of drug-likeness (QED) is 0.715. The van der Waals surface area contributed by atoms with Gasteiger partial charge in [-0.25, -0.2) is 0 Å². The third-order valence-corrected chi connectivity index (χ3v) is 6.12. The topological polar surface area (TPSA) is 27.7 Å². The Morgan fingerprint density at radius 1 is 1.00 bits per heavy atom. The van der Waals surface area contributed by atoms with E-state index in [2.05, 4.69) is 6.92 Å². The zero-order valence-electron chi connectivity index (χ0n) is 9.74. The molecule has 0 radical (unpaired) electrons. The Kier molecular flexibility index (Phi) is 4.32. The lowest BCUT2D eigenvalue weighted by Crippen LogP contribution is -2.51. The van der Waals surface area contributed by atoms with Crippen molar-refractivity contribution in [2.75, 3.05) is 21.3 Å². The molecule has 0 saturated carbocycles. The van der Waals surface area contributed by atoms with E-state index in [-0.39, 0.29) is 0 Å². The van der Waals surface area contributed by atoms with Gasteiger partial charge in [-0.1, -0.05) is 19.1 Å². The zero-order chi connectivity index (χ0) is 11.3. The third-order valence-electron chi connectivity index (χ3n) is 2.65. The fourth-order valence-electron chi connectivity index (χ4n) is 1.66. The van der Waals surface area contributed by atoms with E-state index in [1.54, 1.807) is 21.3 Å². The van der Waals surface area contributed by atoms with Crippen LogP contribution in [0, 0.1) is 0 Å². The molecule has 0 aliphatic rings. The first-order chi connectivity index (χ1) is 7.22. The van der Waals surface area contributed by atoms with Crippen molar-refractivity contribution in [1.29, 1.82) is 0 Å². The highest BCUT2D eigenvalue weighted by Gasteiger charge is 2.35. The minimum Gasteiger partial charge on any atom is -0.497 e. The molecule has 4 heteroatoms. The number of hydrogen-bond acceptors (Lipinski definition) is 3. The van der Waals surface area contributed by atoms with Gasteiger partial charge in [0.15, 0.2) is 0 Å². The van der Waals surface area contributed by atoms with E-state index in [1.165, 1.54) is 0 Å². The molecule has 0 bridgehead atoms. The summed E-state index contributed by atoms with van der Waals surface area (Å²) in [7, 11) is 2.90. The normalized spacial score (nSPS) is 11.5. The average Bonchev–Trinajstić information content (AvgIpc) is 2.33. The van der Waals surface area contributed by atoms with Gasteiger partial charge in [0.1, 0.15) is 5.75 Å². The minimum absolute atomic E-state index is 0.852. The standard InChI is InChI=1S/C11H18O3Si/c1-5-15(13-3,14-4)11-8-6-10(12-2)7-9-11/h6-9H,5H2,1-4H3. The van der Waals surface area contributed by atoms with Crippen LogP contribution in [-0.4, -0.2) is 29.9 Å². The molecule has 1 rings (SSSR count). The Morgan fingerprint density at radius 2 is 1.53 bits per heavy atom. The van der Waals surface area contributed by atoms with E-state index in [0.717, 1.165) is 17.0 Å². The summed E-state index contributed by atoms with van der Waals surface area (Å²) in [5.74, 6) is 0.852. The summed E-state index contributed by atoms with van der Waals surface area (Å²) in [6.07, 6.45) is 0. The van der Waals surface area contributed by atoms with Gasteiger partial charge in [-0.2, -0.15) is 0 Å². The maximum absolute atomic E-state index is 5.57. The van der Waals surface area contributed by atoms with Crippen molar-refractivity contribution in [3.63, 3.8) is 0 Å². The molecule has 0 amide bonds. The fraction of sp³-hybridized carbons (Fsp3) is 0.455. The highest BCUT2D eigenvalue weighted by Crippen LogP contribution is 2.14. The zero-order valence-corrected chi connectivity index (χ0v) is 10.7. The van der Waals surface area contributed by atoms with E-state index < -0.39 is 8.56 Å². The third kappa shape index (κ3) is 2.39. The molecule has 0 spiro atoms. The second-order valence-corrected chi connectivity index (χ2v) is 6.85. The van der Waals surface area contributed by atoms with Crippen LogP contribution < -0.4 is 9.92 Å². The summed E-state index contributed by atoms with van der Waals surface area (Å²) >= 11 is 0. The predicted octanol–water partition coefficient (Wildman–Crippen LogP) is 1.66. The molecule has 0 fully saturated rings. The fourth-order valence-corrected chi connectivity index (χ4v) is 3.95. The molecule has 84 valence electrons. The average molecular weight is 226 g/mol. The lowest BCUT2D eigenvalue weighted by Gasteiger charge is -2.26. The Bertz CT molecular complexity index is 285. The minimum atomic E-state index is -2.18. The summed E-state index contributed by atoms with van der Waals surface area (Å²) in [6, 6.07) is 8.80. The van der Waals surface area contributed by atoms with Crippen LogP contribution in [0.15, 0.2) is 24.3 Å². The van der Waals surface area contributed by atoms with Gasteiger partial charge in [0, 0.05) is 14.2 Å². The van der Waals surface area contributed by atoms with Crippen molar-refractivity contribution in [3.8, 4) is 5.75 Å². The summed E-state index contributed by atoms with van der Waals surface area (Å²) in [6.45, 7) is 2.09. The van der Waals surface area contributed by atoms with Gasteiger partial charge in [-0.15, -0.1) is 0 Å². The first-order valence-corrected chi connectivity index (χ1v) is 6.99. The molecule has 0 heterocycles. The van der Waals surface area contributed by atoms with Gasteiger partial charge in [0.05, 0.1) is 7.11 Å². The molecule has 1 aromatic rings. The van der Waals surface area contributed by atoms with Crippen LogP contribution in [0.25, 0.3) is 0 Å². The van der Waals surface area contributed by atoms with Crippen LogP contribution in [0.4, 0.5) is 0 Å². The van der Waals surface area contributed by atoms with Gasteiger partial charge in [-0.05, 0) is 23.4 Å². The molecule has 0 aromatic heterocycles. The highest BCUT2D eigenvalue weighted by molar-refractivity contribution is 6.81. The van der Waals surface area contributed by atoms with Crippen LogP contribution in [0.1, 0.15) is 6.92 Å². The molecule has 3 nitrogen and oxygen atoms in total. The van der Waals surface area contributed by atoms with Crippen LogP contribution in [0.3, 0.4) is 0 Å². The molecule has 0 N–H and O–H groups in total. The summed E-state index contributed by atoms with van der Waals surface area (Å²) in [5, 5.41) is 1.14. The number of methoxy groups -OCH3 is 1. The molecular weight excluding hydrogens is 208 g/mol. The Hall–Kier alpha value is -0.843. The first-order valence-electron chi connectivity index (χ1n) is 4.97. The van der Waals surface area contributed by atoms with E-state index in [0.29, 0.717) is 0 Å². The van der Waals surface area contributed by atoms with Crippen LogP contribution >= 0.6 is 0 Å². The monoisotopic (exact) mass is 226 g/mol. The van der Waals surface area contributed by atoms with Gasteiger partial charge >= 0.3 is 8.56 Å². The van der Waals surface area contributed by atoms with Crippen molar-refractivity contribution in [2.45, 2.75) is 13.0 Å². The van der Waals surface area contributed by atoms with Crippen LogP contribution in [0.2, 0.25) is 6.04 Å². The maximum Gasteiger partial charge on any atom is 0.371 e. The molecule has 0 unspecified atom stereocenters. The maximum atomic E-state index is 5.57. The van der Waals surface area contributed by atoms with Crippen molar-refractivity contribution >= 4 is 13.7 Å². The van der Waals surface area contributed by atoms with Gasteiger partial charge in [-0.3, -0.25) is 0 Å². The van der Waals surface area contributed by atoms with Crippen molar-refractivity contribution in [2.24, 2.45) is 0 Å². The van der Waals surface area contributed by atoms with E-state index in [9.17, 15) is 0 Å². The molecule has 0 saturated heterocycles. The molecule has 15 heavy (non-hydrogen) atoms. The van der Waals surface area contributed by atoms with Gasteiger partial charge in [0.2, 0.25) is 0 Å². The number of benzene rings is 1. The number of ether oxygens (including phenoxy) is 1. The molecule has 0 aliphatic carbocycles. The Balaban J connectivity index is 3.01. The lowest BCUT2D eigenvalue weighted by molar-refractivity contribution is 0.259. The van der Waals surface area contributed by atoms with Crippen molar-refractivity contribution in [3.05, 3.63) is 24.3 Å². The van der Waals surface area contributed by atoms with Crippen molar-refractivity contribution < 1.29 is 13.6 Å². The number of hydrogen-bond donors (Lipinski definition) is 0. The van der Waals surface area contributed by atoms with E-state index in [1.807, 2.05) is 24.3 Å². The summed E-state index contributed by atoms with van der Waals surface area (Å²) in [4.78, 5) is 0. The largest absolute Gasteiger partial charge is 0.497 e. The molecule has 0 aliphatic heterocycles. The lowest BCUT2D eigenvalue weighted by atomic mass is 10.3. The van der Waals surface area contributed by atoms with Crippen LogP contribution in [-0.2, 0) is 8.85 Å². The Morgan fingerprint density at radius 3 is 1.87 bits per heavy atom. The van der Waals surface area contributed by atoms with Crippen LogP contribution in [0.5, 0.6) is 5.75 Å². The predicted molar refractivity (Wildman–Crippen MR) is 62.9 cm³/mol. The van der Waals surface area contributed by atoms with E-state index in [4.69, 9.17) is 13.6 Å².